The van der Waals surface area contributed by atoms with Gasteiger partial charge in [-0.3, -0.25) is 0 Å². The number of nitrogen functional groups attached to an aromatic ring is 1. The fourth-order valence-electron chi connectivity index (χ4n) is 1.55. The molecule has 0 bridgehead atoms. The van der Waals surface area contributed by atoms with E-state index >= 15 is 0 Å². The van der Waals surface area contributed by atoms with Gasteiger partial charge in [0.15, 0.2) is 5.82 Å². The summed E-state index contributed by atoms with van der Waals surface area (Å²) in [6.07, 6.45) is 0.546. The highest BCUT2D eigenvalue weighted by Crippen LogP contribution is 2.18. The Morgan fingerprint density at radius 2 is 2.00 bits per heavy atom. The molecule has 0 radical (unpaired) electrons. The maximum Gasteiger partial charge on any atom is 0.158 e. The summed E-state index contributed by atoms with van der Waals surface area (Å²) < 4.78 is 5.23. The van der Waals surface area contributed by atoms with Crippen molar-refractivity contribution in [2.75, 3.05) is 30.9 Å². The molecular formula is C12H22N4O3. The van der Waals surface area contributed by atoms with Gasteiger partial charge in [-0.05, 0) is 13.3 Å². The van der Waals surface area contributed by atoms with E-state index in [9.17, 15) is 10.2 Å². The molecule has 5 N–H and O–H groups in total. The molecule has 0 aromatic carbocycles. The van der Waals surface area contributed by atoms with Gasteiger partial charge < -0.3 is 26.0 Å². The summed E-state index contributed by atoms with van der Waals surface area (Å²) in [5, 5.41) is 21.8. The average molecular weight is 270 g/mol. The number of hydrogen-bond acceptors (Lipinski definition) is 7. The first-order valence-electron chi connectivity index (χ1n) is 6.30. The van der Waals surface area contributed by atoms with Gasteiger partial charge in [0, 0.05) is 12.7 Å². The summed E-state index contributed by atoms with van der Waals surface area (Å²) in [4.78, 5) is 8.31. The maximum atomic E-state index is 9.40. The molecule has 108 valence electrons. The second-order valence-corrected chi connectivity index (χ2v) is 4.31. The molecule has 0 fully saturated rings. The molecule has 7 heteroatoms. The fourth-order valence-corrected chi connectivity index (χ4v) is 1.55. The summed E-state index contributed by atoms with van der Waals surface area (Å²) in [5.41, 5.74) is 4.89. The zero-order valence-corrected chi connectivity index (χ0v) is 11.4. The quantitative estimate of drug-likeness (QED) is 0.531. The van der Waals surface area contributed by atoms with E-state index in [0.717, 1.165) is 0 Å². The number of hydrogen-bond donors (Lipinski definition) is 4. The van der Waals surface area contributed by atoms with Crippen LogP contribution in [0.4, 0.5) is 11.6 Å². The van der Waals surface area contributed by atoms with Crippen LogP contribution in [0.5, 0.6) is 0 Å². The zero-order chi connectivity index (χ0) is 14.3. The Hall–Kier alpha value is -1.44. The largest absolute Gasteiger partial charge is 0.394 e. The average Bonchev–Trinajstić information content (AvgIpc) is 2.42. The van der Waals surface area contributed by atoms with Gasteiger partial charge in [-0.25, -0.2) is 9.97 Å². The number of anilines is 2. The van der Waals surface area contributed by atoms with Crippen LogP contribution in [0, 0.1) is 0 Å². The van der Waals surface area contributed by atoms with Crippen molar-refractivity contribution in [1.82, 2.24) is 9.97 Å². The Labute approximate surface area is 112 Å². The minimum Gasteiger partial charge on any atom is -0.394 e. The lowest BCUT2D eigenvalue weighted by Gasteiger charge is -2.30. The van der Waals surface area contributed by atoms with Crippen molar-refractivity contribution in [3.05, 3.63) is 11.9 Å². The van der Waals surface area contributed by atoms with E-state index in [1.54, 1.807) is 6.07 Å². The maximum absolute atomic E-state index is 9.40. The molecule has 0 saturated carbocycles. The van der Waals surface area contributed by atoms with Crippen LogP contribution in [-0.2, 0) is 11.3 Å². The van der Waals surface area contributed by atoms with Gasteiger partial charge in [-0.1, -0.05) is 6.92 Å². The van der Waals surface area contributed by atoms with Crippen LogP contribution in [0.1, 0.15) is 26.1 Å². The first-order chi connectivity index (χ1) is 9.09. The second kappa shape index (κ2) is 7.22. The first-order valence-corrected chi connectivity index (χ1v) is 6.30. The molecule has 0 amide bonds. The van der Waals surface area contributed by atoms with Crippen molar-refractivity contribution < 1.29 is 14.9 Å². The van der Waals surface area contributed by atoms with Gasteiger partial charge in [0.2, 0.25) is 0 Å². The molecule has 1 aromatic heterocycles. The number of aliphatic hydroxyl groups excluding tert-OH is 2. The minimum atomic E-state index is -0.816. The van der Waals surface area contributed by atoms with E-state index in [-0.39, 0.29) is 19.8 Å². The van der Waals surface area contributed by atoms with E-state index in [1.165, 1.54) is 0 Å². The Kier molecular flexibility index (Phi) is 5.94. The number of ether oxygens (including phenoxy) is 1. The smallest absolute Gasteiger partial charge is 0.158 e. The van der Waals surface area contributed by atoms with Gasteiger partial charge in [0.05, 0.1) is 18.8 Å². The molecule has 0 saturated heterocycles. The van der Waals surface area contributed by atoms with E-state index < -0.39 is 5.54 Å². The van der Waals surface area contributed by atoms with Crippen molar-refractivity contribution in [3.63, 3.8) is 0 Å². The van der Waals surface area contributed by atoms with Gasteiger partial charge in [0.1, 0.15) is 18.2 Å². The number of rotatable bonds is 8. The third kappa shape index (κ3) is 4.30. The topological polar surface area (TPSA) is 114 Å². The molecule has 0 aliphatic carbocycles. The third-order valence-corrected chi connectivity index (χ3v) is 2.90. The minimum absolute atomic E-state index is 0.204. The van der Waals surface area contributed by atoms with Crippen LogP contribution in [0.25, 0.3) is 0 Å². The van der Waals surface area contributed by atoms with Crippen molar-refractivity contribution in [2.45, 2.75) is 32.4 Å². The van der Waals surface area contributed by atoms with Crippen molar-refractivity contribution in [2.24, 2.45) is 0 Å². The number of aromatic nitrogens is 2. The predicted molar refractivity (Wildman–Crippen MR) is 72.6 cm³/mol. The van der Waals surface area contributed by atoms with Crippen LogP contribution >= 0.6 is 0 Å². The number of nitrogens with zero attached hydrogens (tertiary/aromatic N) is 2. The normalized spacial score (nSPS) is 11.6. The van der Waals surface area contributed by atoms with Gasteiger partial charge in [0.25, 0.3) is 0 Å². The van der Waals surface area contributed by atoms with E-state index in [1.807, 2.05) is 13.8 Å². The highest BCUT2D eigenvalue weighted by Gasteiger charge is 2.27. The Balaban J connectivity index is 2.90. The molecule has 1 rings (SSSR count). The summed E-state index contributed by atoms with van der Waals surface area (Å²) in [5.74, 6) is 1.24. The summed E-state index contributed by atoms with van der Waals surface area (Å²) >= 11 is 0. The van der Waals surface area contributed by atoms with Gasteiger partial charge in [-0.15, -0.1) is 0 Å². The van der Waals surface area contributed by atoms with Crippen LogP contribution in [0.2, 0.25) is 0 Å². The standard InChI is InChI=1S/C12H22N4O3/c1-3-12(7-17,8-18)16-10-5-9(13)14-11(15-10)6-19-4-2/h5,17-18H,3-4,6-8H2,1-2H3,(H3,13,14,15,16). The highest BCUT2D eigenvalue weighted by atomic mass is 16.5. The molecule has 0 spiro atoms. The molecular weight excluding hydrogens is 248 g/mol. The number of nitrogens with two attached hydrogens (primary N) is 1. The SMILES string of the molecule is CCOCc1nc(N)cc(NC(CC)(CO)CO)n1. The lowest BCUT2D eigenvalue weighted by atomic mass is 9.98. The predicted octanol–water partition coefficient (Wildman–Crippen LogP) is 0.141. The fraction of sp³-hybridized carbons (Fsp3) is 0.667. The second-order valence-electron chi connectivity index (χ2n) is 4.31. The van der Waals surface area contributed by atoms with Crippen LogP contribution in [0.3, 0.4) is 0 Å². The number of aliphatic hydroxyl groups is 2. The molecule has 1 aromatic rings. The summed E-state index contributed by atoms with van der Waals surface area (Å²) in [6.45, 7) is 4.17. The Morgan fingerprint density at radius 3 is 2.53 bits per heavy atom. The van der Waals surface area contributed by atoms with E-state index in [4.69, 9.17) is 10.5 Å². The lowest BCUT2D eigenvalue weighted by Crippen LogP contribution is -2.45. The Morgan fingerprint density at radius 1 is 1.32 bits per heavy atom. The highest BCUT2D eigenvalue weighted by molar-refractivity contribution is 5.46. The van der Waals surface area contributed by atoms with E-state index in [2.05, 4.69) is 15.3 Å². The summed E-state index contributed by atoms with van der Waals surface area (Å²) in [7, 11) is 0. The van der Waals surface area contributed by atoms with Crippen molar-refractivity contribution in [3.8, 4) is 0 Å². The molecule has 1 heterocycles. The van der Waals surface area contributed by atoms with Crippen molar-refractivity contribution in [1.29, 1.82) is 0 Å². The van der Waals surface area contributed by atoms with Crippen LogP contribution in [-0.4, -0.2) is 45.5 Å². The van der Waals surface area contributed by atoms with Crippen LogP contribution < -0.4 is 11.1 Å². The molecule has 0 unspecified atom stereocenters. The molecule has 7 nitrogen and oxygen atoms in total. The number of nitrogens with one attached hydrogen (secondary N) is 1. The van der Waals surface area contributed by atoms with Crippen LogP contribution in [0.15, 0.2) is 6.07 Å². The molecule has 0 aliphatic rings. The summed E-state index contributed by atoms with van der Waals surface area (Å²) in [6, 6.07) is 1.56. The molecule has 19 heavy (non-hydrogen) atoms. The Bertz CT molecular complexity index is 388. The van der Waals surface area contributed by atoms with E-state index in [0.29, 0.717) is 30.5 Å². The van der Waals surface area contributed by atoms with Crippen molar-refractivity contribution >= 4 is 11.6 Å². The molecule has 0 atom stereocenters. The first kappa shape index (κ1) is 15.6. The third-order valence-electron chi connectivity index (χ3n) is 2.90. The lowest BCUT2D eigenvalue weighted by molar-refractivity contribution is 0.127. The van der Waals surface area contributed by atoms with Gasteiger partial charge >= 0.3 is 0 Å². The zero-order valence-electron chi connectivity index (χ0n) is 11.4. The molecule has 0 aliphatic heterocycles. The monoisotopic (exact) mass is 270 g/mol. The van der Waals surface area contributed by atoms with Gasteiger partial charge in [-0.2, -0.15) is 0 Å².